The molecule has 1 aliphatic heterocycles. The highest BCUT2D eigenvalue weighted by Crippen LogP contribution is 2.31. The van der Waals surface area contributed by atoms with Crippen molar-refractivity contribution >= 4 is 21.4 Å². The van der Waals surface area contributed by atoms with Crippen LogP contribution in [0.1, 0.15) is 37.3 Å². The van der Waals surface area contributed by atoms with Crippen molar-refractivity contribution in [3.05, 3.63) is 35.2 Å². The molecule has 2 aromatic rings. The summed E-state index contributed by atoms with van der Waals surface area (Å²) in [4.78, 5) is 0. The van der Waals surface area contributed by atoms with Crippen LogP contribution in [0.2, 0.25) is 0 Å². The van der Waals surface area contributed by atoms with Crippen LogP contribution >= 0.6 is 11.3 Å². The van der Waals surface area contributed by atoms with Gasteiger partial charge in [0, 0.05) is 17.3 Å². The fourth-order valence-electron chi connectivity index (χ4n) is 2.84. The Labute approximate surface area is 117 Å². The Bertz CT molecular complexity index is 534. The summed E-state index contributed by atoms with van der Waals surface area (Å²) in [6, 6.07) is 8.83. The van der Waals surface area contributed by atoms with Crippen LogP contribution in [0.25, 0.3) is 10.1 Å². The lowest BCUT2D eigenvalue weighted by molar-refractivity contribution is 0.0996. The monoisotopic (exact) mass is 276 g/mol. The van der Waals surface area contributed by atoms with E-state index in [-0.39, 0.29) is 6.04 Å². The first kappa shape index (κ1) is 13.1. The van der Waals surface area contributed by atoms with E-state index in [0.29, 0.717) is 6.10 Å². The fourth-order valence-corrected chi connectivity index (χ4v) is 3.81. The van der Waals surface area contributed by atoms with Crippen LogP contribution in [0.5, 0.6) is 0 Å². The molecule has 1 saturated heterocycles. The SMILES string of the molecule is NNC(CCC1CCCO1)c1cccc2ccsc12. The molecule has 3 rings (SSSR count). The predicted octanol–water partition coefficient (Wildman–Crippen LogP) is 3.36. The zero-order valence-corrected chi connectivity index (χ0v) is 11.8. The molecule has 19 heavy (non-hydrogen) atoms. The Morgan fingerprint density at radius 2 is 2.37 bits per heavy atom. The van der Waals surface area contributed by atoms with Gasteiger partial charge in [0.05, 0.1) is 6.10 Å². The van der Waals surface area contributed by atoms with Crippen molar-refractivity contribution in [2.24, 2.45) is 5.84 Å². The number of ether oxygens (including phenoxy) is 1. The van der Waals surface area contributed by atoms with Gasteiger partial charge >= 0.3 is 0 Å². The van der Waals surface area contributed by atoms with Crippen LogP contribution in [0.4, 0.5) is 0 Å². The molecule has 0 amide bonds. The van der Waals surface area contributed by atoms with Crippen molar-refractivity contribution in [1.82, 2.24) is 5.43 Å². The smallest absolute Gasteiger partial charge is 0.0576 e. The third-order valence-corrected chi connectivity index (χ3v) is 4.87. The number of thiophene rings is 1. The number of hydrogen-bond donors (Lipinski definition) is 2. The Balaban J connectivity index is 1.75. The van der Waals surface area contributed by atoms with Gasteiger partial charge < -0.3 is 4.74 Å². The minimum absolute atomic E-state index is 0.214. The minimum atomic E-state index is 0.214. The van der Waals surface area contributed by atoms with Crippen LogP contribution < -0.4 is 11.3 Å². The number of hydrogen-bond acceptors (Lipinski definition) is 4. The number of rotatable bonds is 5. The fraction of sp³-hybridized carbons (Fsp3) is 0.467. The average Bonchev–Trinajstić information content (AvgIpc) is 3.10. The third kappa shape index (κ3) is 2.82. The highest BCUT2D eigenvalue weighted by atomic mass is 32.1. The summed E-state index contributed by atoms with van der Waals surface area (Å²) in [5.74, 6) is 5.76. The van der Waals surface area contributed by atoms with Crippen molar-refractivity contribution in [1.29, 1.82) is 0 Å². The second-order valence-corrected chi connectivity index (χ2v) is 6.03. The summed E-state index contributed by atoms with van der Waals surface area (Å²) in [5, 5.41) is 3.45. The topological polar surface area (TPSA) is 47.3 Å². The molecule has 0 saturated carbocycles. The Morgan fingerprint density at radius 3 is 3.16 bits per heavy atom. The molecular formula is C15H20N2OS. The summed E-state index contributed by atoms with van der Waals surface area (Å²) >= 11 is 1.79. The molecule has 1 fully saturated rings. The van der Waals surface area contributed by atoms with Gasteiger partial charge in [-0.3, -0.25) is 11.3 Å². The molecule has 1 aromatic heterocycles. The number of benzene rings is 1. The highest BCUT2D eigenvalue weighted by Gasteiger charge is 2.19. The van der Waals surface area contributed by atoms with E-state index >= 15 is 0 Å². The van der Waals surface area contributed by atoms with E-state index in [9.17, 15) is 0 Å². The normalized spacial score (nSPS) is 21.0. The molecule has 1 aliphatic rings. The molecule has 102 valence electrons. The average molecular weight is 276 g/mol. The largest absolute Gasteiger partial charge is 0.378 e. The Hall–Kier alpha value is -0.940. The maximum Gasteiger partial charge on any atom is 0.0576 e. The maximum atomic E-state index is 5.76. The van der Waals surface area contributed by atoms with E-state index in [2.05, 4.69) is 35.1 Å². The summed E-state index contributed by atoms with van der Waals surface area (Å²) in [5.41, 5.74) is 4.29. The van der Waals surface area contributed by atoms with Gasteiger partial charge in [-0.1, -0.05) is 18.2 Å². The van der Waals surface area contributed by atoms with E-state index in [4.69, 9.17) is 10.6 Å². The van der Waals surface area contributed by atoms with E-state index in [1.807, 2.05) is 0 Å². The van der Waals surface area contributed by atoms with Crippen LogP contribution in [0.3, 0.4) is 0 Å². The minimum Gasteiger partial charge on any atom is -0.378 e. The lowest BCUT2D eigenvalue weighted by Gasteiger charge is -2.19. The number of hydrazine groups is 1. The van der Waals surface area contributed by atoms with E-state index in [1.165, 1.54) is 28.5 Å². The third-order valence-electron chi connectivity index (χ3n) is 3.89. The summed E-state index contributed by atoms with van der Waals surface area (Å²) in [6.07, 6.45) is 4.93. The van der Waals surface area contributed by atoms with Crippen molar-refractivity contribution in [2.45, 2.75) is 37.8 Å². The summed E-state index contributed by atoms with van der Waals surface area (Å²) in [6.45, 7) is 0.923. The van der Waals surface area contributed by atoms with Gasteiger partial charge in [0.2, 0.25) is 0 Å². The van der Waals surface area contributed by atoms with Gasteiger partial charge in [0.15, 0.2) is 0 Å². The second kappa shape index (κ2) is 6.01. The van der Waals surface area contributed by atoms with E-state index < -0.39 is 0 Å². The van der Waals surface area contributed by atoms with Crippen molar-refractivity contribution in [2.75, 3.05) is 6.61 Å². The maximum absolute atomic E-state index is 5.76. The van der Waals surface area contributed by atoms with Crippen LogP contribution in [-0.4, -0.2) is 12.7 Å². The van der Waals surface area contributed by atoms with Gasteiger partial charge in [-0.25, -0.2) is 0 Å². The number of nitrogens with one attached hydrogen (secondary N) is 1. The molecule has 2 atom stereocenters. The molecule has 1 aromatic carbocycles. The molecule has 2 heterocycles. The Kier molecular flexibility index (Phi) is 4.13. The molecule has 2 unspecified atom stereocenters. The zero-order chi connectivity index (χ0) is 13.1. The molecule has 0 spiro atoms. The Morgan fingerprint density at radius 1 is 1.42 bits per heavy atom. The molecule has 3 N–H and O–H groups in total. The van der Waals surface area contributed by atoms with Crippen LogP contribution in [0.15, 0.2) is 29.6 Å². The molecule has 4 heteroatoms. The van der Waals surface area contributed by atoms with Crippen molar-refractivity contribution < 1.29 is 4.74 Å². The first-order valence-electron chi connectivity index (χ1n) is 6.92. The number of nitrogens with two attached hydrogens (primary N) is 1. The predicted molar refractivity (Wildman–Crippen MR) is 80.1 cm³/mol. The first-order chi connectivity index (χ1) is 9.38. The standard InChI is InChI=1S/C15H20N2OS/c16-17-14(7-6-12-4-2-9-18-12)13-5-1-3-11-8-10-19-15(11)13/h1,3,5,8,10,12,14,17H,2,4,6-7,9,16H2. The van der Waals surface area contributed by atoms with Gasteiger partial charge in [-0.2, -0.15) is 0 Å². The second-order valence-electron chi connectivity index (χ2n) is 5.12. The van der Waals surface area contributed by atoms with Crippen molar-refractivity contribution in [3.8, 4) is 0 Å². The van der Waals surface area contributed by atoms with E-state index in [0.717, 1.165) is 19.4 Å². The first-order valence-corrected chi connectivity index (χ1v) is 7.80. The number of fused-ring (bicyclic) bond motifs is 1. The summed E-state index contributed by atoms with van der Waals surface area (Å²) < 4.78 is 7.04. The lowest BCUT2D eigenvalue weighted by Crippen LogP contribution is -2.28. The summed E-state index contributed by atoms with van der Waals surface area (Å²) in [7, 11) is 0. The molecule has 0 aliphatic carbocycles. The zero-order valence-electron chi connectivity index (χ0n) is 11.0. The van der Waals surface area contributed by atoms with Gasteiger partial charge in [0.25, 0.3) is 0 Å². The van der Waals surface area contributed by atoms with Crippen LogP contribution in [0, 0.1) is 0 Å². The molecular weight excluding hydrogens is 256 g/mol. The van der Waals surface area contributed by atoms with Gasteiger partial charge in [-0.05, 0) is 48.1 Å². The molecule has 0 radical (unpaired) electrons. The van der Waals surface area contributed by atoms with Crippen LogP contribution in [-0.2, 0) is 4.74 Å². The lowest BCUT2D eigenvalue weighted by atomic mass is 9.99. The molecule has 0 bridgehead atoms. The molecule has 3 nitrogen and oxygen atoms in total. The van der Waals surface area contributed by atoms with E-state index in [1.54, 1.807) is 11.3 Å². The van der Waals surface area contributed by atoms with Crippen molar-refractivity contribution in [3.63, 3.8) is 0 Å². The quantitative estimate of drug-likeness (QED) is 0.650. The van der Waals surface area contributed by atoms with Gasteiger partial charge in [0.1, 0.15) is 0 Å². The highest BCUT2D eigenvalue weighted by molar-refractivity contribution is 7.17. The van der Waals surface area contributed by atoms with Gasteiger partial charge in [-0.15, -0.1) is 11.3 Å².